The van der Waals surface area contributed by atoms with Crippen LogP contribution in [0.25, 0.3) is 0 Å². The molecular formula is C13H21NO2. The molecule has 0 aliphatic carbocycles. The molecule has 1 aromatic rings. The Hall–Kier alpha value is -0.800. The van der Waals surface area contributed by atoms with Gasteiger partial charge < -0.3 is 14.5 Å². The van der Waals surface area contributed by atoms with Gasteiger partial charge in [-0.05, 0) is 38.3 Å². The van der Waals surface area contributed by atoms with Crippen molar-refractivity contribution in [2.75, 3.05) is 13.2 Å². The second kappa shape index (κ2) is 6.06. The summed E-state index contributed by atoms with van der Waals surface area (Å²) in [6.45, 7) is 4.06. The normalized spacial score (nSPS) is 19.8. The van der Waals surface area contributed by atoms with E-state index in [0.29, 0.717) is 12.1 Å². The van der Waals surface area contributed by atoms with E-state index in [1.54, 1.807) is 6.26 Å². The molecule has 3 nitrogen and oxygen atoms in total. The van der Waals surface area contributed by atoms with Crippen LogP contribution in [-0.2, 0) is 11.2 Å². The Balaban J connectivity index is 1.65. The van der Waals surface area contributed by atoms with Crippen LogP contribution in [0.4, 0.5) is 0 Å². The van der Waals surface area contributed by atoms with E-state index in [0.717, 1.165) is 44.7 Å². The molecule has 1 unspecified atom stereocenters. The van der Waals surface area contributed by atoms with Crippen LogP contribution in [0.5, 0.6) is 0 Å². The molecule has 3 heteroatoms. The van der Waals surface area contributed by atoms with Crippen molar-refractivity contribution in [2.24, 2.45) is 0 Å². The van der Waals surface area contributed by atoms with Crippen molar-refractivity contribution in [2.45, 2.75) is 44.7 Å². The molecule has 0 aromatic carbocycles. The van der Waals surface area contributed by atoms with Crippen LogP contribution in [0.1, 0.15) is 31.9 Å². The molecule has 90 valence electrons. The minimum Gasteiger partial charge on any atom is -0.469 e. The van der Waals surface area contributed by atoms with Crippen LogP contribution in [0.2, 0.25) is 0 Å². The van der Waals surface area contributed by atoms with Crippen molar-refractivity contribution in [3.8, 4) is 0 Å². The molecule has 0 radical (unpaired) electrons. The largest absolute Gasteiger partial charge is 0.469 e. The van der Waals surface area contributed by atoms with E-state index in [2.05, 4.69) is 12.2 Å². The molecule has 1 N–H and O–H groups in total. The second-order valence-electron chi connectivity index (χ2n) is 4.57. The minimum atomic E-state index is 0.549. The van der Waals surface area contributed by atoms with Gasteiger partial charge in [0.1, 0.15) is 5.76 Å². The molecule has 1 aliphatic rings. The zero-order chi connectivity index (χ0) is 11.2. The summed E-state index contributed by atoms with van der Waals surface area (Å²) in [5, 5.41) is 3.66. The minimum absolute atomic E-state index is 0.549. The number of ether oxygens (including phenoxy) is 1. The third-order valence-electron chi connectivity index (χ3n) is 3.15. The van der Waals surface area contributed by atoms with Gasteiger partial charge in [-0.1, -0.05) is 0 Å². The van der Waals surface area contributed by atoms with E-state index in [9.17, 15) is 0 Å². The van der Waals surface area contributed by atoms with Crippen LogP contribution in [-0.4, -0.2) is 25.3 Å². The first-order valence-corrected chi connectivity index (χ1v) is 6.21. The summed E-state index contributed by atoms with van der Waals surface area (Å²) in [7, 11) is 0. The lowest BCUT2D eigenvalue weighted by Crippen LogP contribution is -2.40. The smallest absolute Gasteiger partial charge is 0.103 e. The summed E-state index contributed by atoms with van der Waals surface area (Å²) in [6.07, 6.45) is 6.18. The van der Waals surface area contributed by atoms with E-state index in [-0.39, 0.29) is 0 Å². The van der Waals surface area contributed by atoms with Crippen molar-refractivity contribution in [1.82, 2.24) is 5.32 Å². The zero-order valence-corrected chi connectivity index (χ0v) is 9.95. The Morgan fingerprint density at radius 1 is 1.44 bits per heavy atom. The highest BCUT2D eigenvalue weighted by Gasteiger charge is 2.15. The highest BCUT2D eigenvalue weighted by atomic mass is 16.5. The third-order valence-corrected chi connectivity index (χ3v) is 3.15. The molecule has 0 spiro atoms. The molecule has 1 aliphatic heterocycles. The predicted octanol–water partition coefficient (Wildman–Crippen LogP) is 2.37. The van der Waals surface area contributed by atoms with Crippen LogP contribution in [0.3, 0.4) is 0 Å². The van der Waals surface area contributed by atoms with Gasteiger partial charge in [-0.3, -0.25) is 0 Å². The Morgan fingerprint density at radius 3 is 2.94 bits per heavy atom. The average molecular weight is 223 g/mol. The number of furan rings is 1. The van der Waals surface area contributed by atoms with Crippen LogP contribution < -0.4 is 5.32 Å². The van der Waals surface area contributed by atoms with E-state index >= 15 is 0 Å². The Morgan fingerprint density at radius 2 is 2.25 bits per heavy atom. The zero-order valence-electron chi connectivity index (χ0n) is 9.95. The monoisotopic (exact) mass is 223 g/mol. The Kier molecular flexibility index (Phi) is 4.43. The number of hydrogen-bond donors (Lipinski definition) is 1. The summed E-state index contributed by atoms with van der Waals surface area (Å²) < 4.78 is 10.7. The molecule has 0 bridgehead atoms. The van der Waals surface area contributed by atoms with Crippen LogP contribution >= 0.6 is 0 Å². The summed E-state index contributed by atoms with van der Waals surface area (Å²) in [6, 6.07) is 5.18. The van der Waals surface area contributed by atoms with Gasteiger partial charge in [0.2, 0.25) is 0 Å². The molecule has 0 amide bonds. The molecule has 1 saturated heterocycles. The van der Waals surface area contributed by atoms with Crippen molar-refractivity contribution >= 4 is 0 Å². The standard InChI is InChI=1S/C13H21NO2/c1-11(4-5-13-3-2-8-16-13)14-12-6-9-15-10-7-12/h2-3,8,11-12,14H,4-7,9-10H2,1H3. The summed E-state index contributed by atoms with van der Waals surface area (Å²) in [4.78, 5) is 0. The first-order chi connectivity index (χ1) is 7.84. The summed E-state index contributed by atoms with van der Waals surface area (Å²) >= 11 is 0. The first kappa shape index (κ1) is 11.7. The molecule has 1 atom stereocenters. The van der Waals surface area contributed by atoms with Gasteiger partial charge in [0.25, 0.3) is 0 Å². The van der Waals surface area contributed by atoms with Gasteiger partial charge >= 0.3 is 0 Å². The number of rotatable bonds is 5. The SMILES string of the molecule is CC(CCc1ccco1)NC1CCOCC1. The van der Waals surface area contributed by atoms with E-state index in [4.69, 9.17) is 9.15 Å². The van der Waals surface area contributed by atoms with E-state index < -0.39 is 0 Å². The van der Waals surface area contributed by atoms with Crippen LogP contribution in [0.15, 0.2) is 22.8 Å². The molecule has 1 fully saturated rings. The van der Waals surface area contributed by atoms with Crippen molar-refractivity contribution in [3.05, 3.63) is 24.2 Å². The fraction of sp³-hybridized carbons (Fsp3) is 0.692. The number of aryl methyl sites for hydroxylation is 1. The lowest BCUT2D eigenvalue weighted by molar-refractivity contribution is 0.0751. The number of hydrogen-bond acceptors (Lipinski definition) is 3. The van der Waals surface area contributed by atoms with Gasteiger partial charge in [0.15, 0.2) is 0 Å². The fourth-order valence-electron chi connectivity index (χ4n) is 2.16. The quantitative estimate of drug-likeness (QED) is 0.832. The maximum Gasteiger partial charge on any atom is 0.103 e. The Labute approximate surface area is 97.2 Å². The summed E-state index contributed by atoms with van der Waals surface area (Å²) in [5.74, 6) is 1.08. The van der Waals surface area contributed by atoms with E-state index in [1.165, 1.54) is 0 Å². The summed E-state index contributed by atoms with van der Waals surface area (Å²) in [5.41, 5.74) is 0. The average Bonchev–Trinajstić information content (AvgIpc) is 2.81. The molecule has 2 rings (SSSR count). The molecule has 16 heavy (non-hydrogen) atoms. The highest BCUT2D eigenvalue weighted by Crippen LogP contribution is 2.10. The second-order valence-corrected chi connectivity index (χ2v) is 4.57. The topological polar surface area (TPSA) is 34.4 Å². The molecule has 2 heterocycles. The van der Waals surface area contributed by atoms with Gasteiger partial charge in [0, 0.05) is 31.7 Å². The number of nitrogens with one attached hydrogen (secondary N) is 1. The lowest BCUT2D eigenvalue weighted by Gasteiger charge is -2.26. The lowest BCUT2D eigenvalue weighted by atomic mass is 10.1. The fourth-order valence-corrected chi connectivity index (χ4v) is 2.16. The van der Waals surface area contributed by atoms with Crippen molar-refractivity contribution in [1.29, 1.82) is 0 Å². The van der Waals surface area contributed by atoms with Gasteiger partial charge in [0.05, 0.1) is 6.26 Å². The van der Waals surface area contributed by atoms with E-state index in [1.807, 2.05) is 12.1 Å². The van der Waals surface area contributed by atoms with Crippen molar-refractivity contribution in [3.63, 3.8) is 0 Å². The Bertz CT molecular complexity index is 278. The van der Waals surface area contributed by atoms with Gasteiger partial charge in [-0.25, -0.2) is 0 Å². The molecule has 0 saturated carbocycles. The van der Waals surface area contributed by atoms with Crippen LogP contribution in [0, 0.1) is 0 Å². The maximum absolute atomic E-state index is 5.35. The predicted molar refractivity (Wildman–Crippen MR) is 63.5 cm³/mol. The van der Waals surface area contributed by atoms with Gasteiger partial charge in [-0.2, -0.15) is 0 Å². The highest BCUT2D eigenvalue weighted by molar-refractivity contribution is 4.98. The molecular weight excluding hydrogens is 202 g/mol. The third kappa shape index (κ3) is 3.65. The first-order valence-electron chi connectivity index (χ1n) is 6.21. The van der Waals surface area contributed by atoms with Gasteiger partial charge in [-0.15, -0.1) is 0 Å². The molecule has 1 aromatic heterocycles. The van der Waals surface area contributed by atoms with Crippen molar-refractivity contribution < 1.29 is 9.15 Å². The maximum atomic E-state index is 5.35.